The van der Waals surface area contributed by atoms with Crippen LogP contribution >= 0.6 is 11.3 Å². The molecule has 2 heterocycles. The van der Waals surface area contributed by atoms with Crippen molar-refractivity contribution in [2.45, 2.75) is 35.2 Å². The molecule has 0 radical (unpaired) electrons. The van der Waals surface area contributed by atoms with Gasteiger partial charge in [-0.1, -0.05) is 48.8 Å². The van der Waals surface area contributed by atoms with E-state index in [1.165, 1.54) is 12.1 Å². The highest BCUT2D eigenvalue weighted by atomic mass is 32.2. The minimum Gasteiger partial charge on any atom is -0.480 e. The molecule has 170 valence electrons. The van der Waals surface area contributed by atoms with Gasteiger partial charge in [0.05, 0.1) is 4.88 Å². The van der Waals surface area contributed by atoms with E-state index in [-0.39, 0.29) is 14.8 Å². The molecule has 3 atom stereocenters. The van der Waals surface area contributed by atoms with Crippen LogP contribution in [0, 0.1) is 5.92 Å². The first-order valence-corrected chi connectivity index (χ1v) is 11.8. The van der Waals surface area contributed by atoms with Crippen molar-refractivity contribution in [3.8, 4) is 10.6 Å². The van der Waals surface area contributed by atoms with Crippen LogP contribution in [0.3, 0.4) is 0 Å². The Kier molecular flexibility index (Phi) is 5.42. The number of sulfonamides is 1. The Morgan fingerprint density at radius 1 is 1.25 bits per heavy atom. The third kappa shape index (κ3) is 3.71. The van der Waals surface area contributed by atoms with Crippen molar-refractivity contribution in [1.82, 2.24) is 9.88 Å². The zero-order valence-corrected chi connectivity index (χ0v) is 18.1. The third-order valence-corrected chi connectivity index (χ3v) is 8.60. The largest absolute Gasteiger partial charge is 0.480 e. The lowest BCUT2D eigenvalue weighted by molar-refractivity contribution is -0.155. The van der Waals surface area contributed by atoms with Gasteiger partial charge in [0.2, 0.25) is 5.76 Å². The Morgan fingerprint density at radius 3 is 2.50 bits per heavy atom. The molecule has 1 aliphatic carbocycles. The average molecular weight is 486 g/mol. The fourth-order valence-electron chi connectivity index (χ4n) is 4.05. The van der Waals surface area contributed by atoms with Gasteiger partial charge in [0.15, 0.2) is 0 Å². The summed E-state index contributed by atoms with van der Waals surface area (Å²) >= 11 is 0.670. The quantitative estimate of drug-likeness (QED) is 0.514. The second-order valence-electron chi connectivity index (χ2n) is 7.38. The number of nitrogens with zero attached hydrogens (tertiary/aromatic N) is 1. The number of hydrogen-bond acceptors (Lipinski definition) is 6. The van der Waals surface area contributed by atoms with Crippen LogP contribution < -0.4 is 4.72 Å². The van der Waals surface area contributed by atoms with E-state index in [4.69, 9.17) is 0 Å². The summed E-state index contributed by atoms with van der Waals surface area (Å²) in [5.74, 6) is -3.60. The van der Waals surface area contributed by atoms with Crippen LogP contribution in [0.2, 0.25) is 0 Å². The Morgan fingerprint density at radius 2 is 1.94 bits per heavy atom. The molecule has 1 fully saturated rings. The summed E-state index contributed by atoms with van der Waals surface area (Å²) in [6.45, 7) is 1.78. The summed E-state index contributed by atoms with van der Waals surface area (Å²) in [5.41, 5.74) is -1.17. The SMILES string of the molecule is CCC1[C@@H](c2ccccc2)[C@]1(NS(=O)(=O)c1ccc(-c2cc(C(F)(F)F)on2)s1)C(=O)O. The van der Waals surface area contributed by atoms with Gasteiger partial charge in [-0.3, -0.25) is 4.79 Å². The molecule has 1 unspecified atom stereocenters. The lowest BCUT2D eigenvalue weighted by atomic mass is 10.1. The molecule has 0 bridgehead atoms. The molecule has 12 heteroatoms. The lowest BCUT2D eigenvalue weighted by Crippen LogP contribution is -2.45. The number of rotatable bonds is 7. The number of carboxylic acid groups (broad SMARTS) is 1. The molecule has 4 rings (SSSR count). The predicted octanol–water partition coefficient (Wildman–Crippen LogP) is 4.35. The van der Waals surface area contributed by atoms with E-state index in [2.05, 4.69) is 14.4 Å². The molecule has 2 aromatic heterocycles. The van der Waals surface area contributed by atoms with Gasteiger partial charge >= 0.3 is 12.1 Å². The number of alkyl halides is 3. The monoisotopic (exact) mass is 486 g/mol. The molecular weight excluding hydrogens is 469 g/mol. The smallest absolute Gasteiger partial charge is 0.452 e. The van der Waals surface area contributed by atoms with Crippen LogP contribution in [-0.4, -0.2) is 30.2 Å². The number of carboxylic acids is 1. The third-order valence-electron chi connectivity index (χ3n) is 5.51. The number of thiophene rings is 1. The van der Waals surface area contributed by atoms with E-state index in [9.17, 15) is 31.5 Å². The molecule has 1 aliphatic rings. The number of hydrogen-bond donors (Lipinski definition) is 2. The number of halogens is 3. The number of benzene rings is 1. The van der Waals surface area contributed by atoms with Crippen LogP contribution in [0.1, 0.15) is 30.6 Å². The van der Waals surface area contributed by atoms with Gasteiger partial charge in [-0.2, -0.15) is 17.9 Å². The molecule has 0 saturated heterocycles. The Labute approximate surface area is 184 Å². The molecule has 32 heavy (non-hydrogen) atoms. The van der Waals surface area contributed by atoms with Crippen molar-refractivity contribution >= 4 is 27.3 Å². The van der Waals surface area contributed by atoms with E-state index in [0.717, 1.165) is 0 Å². The van der Waals surface area contributed by atoms with Crippen LogP contribution in [0.5, 0.6) is 0 Å². The first-order chi connectivity index (χ1) is 15.0. The molecule has 0 amide bonds. The summed E-state index contributed by atoms with van der Waals surface area (Å²) in [6.07, 6.45) is -4.29. The van der Waals surface area contributed by atoms with E-state index in [1.54, 1.807) is 37.3 Å². The lowest BCUT2D eigenvalue weighted by Gasteiger charge is -2.15. The molecular formula is C20H17F3N2O5S2. The summed E-state index contributed by atoms with van der Waals surface area (Å²) in [7, 11) is -4.29. The standard InChI is InChI=1S/C20H17F3N2O5S2/c1-2-12-17(11-6-4-3-5-7-11)19(12,18(26)27)25-32(28,29)16-9-8-14(31-16)13-10-15(30-24-13)20(21,22)23/h3-10,12,17,25H,2H2,1H3,(H,26,27)/t12?,17-,19+/m1/s1. The van der Waals surface area contributed by atoms with Crippen molar-refractivity contribution in [3.05, 3.63) is 59.9 Å². The number of carbonyl (C=O) groups is 1. The Hall–Kier alpha value is -2.70. The first kappa shape index (κ1) is 22.5. The van der Waals surface area contributed by atoms with E-state index >= 15 is 0 Å². The minimum absolute atomic E-state index is 0.136. The highest BCUT2D eigenvalue weighted by molar-refractivity contribution is 7.91. The minimum atomic E-state index is -4.72. The highest BCUT2D eigenvalue weighted by Crippen LogP contribution is 2.60. The van der Waals surface area contributed by atoms with Gasteiger partial charge in [0, 0.05) is 12.0 Å². The fraction of sp³-hybridized carbons (Fsp3) is 0.300. The maximum Gasteiger partial charge on any atom is 0.452 e. The average Bonchev–Trinajstić information content (AvgIpc) is 3.13. The second kappa shape index (κ2) is 7.71. The van der Waals surface area contributed by atoms with Gasteiger partial charge in [0.1, 0.15) is 15.4 Å². The molecule has 7 nitrogen and oxygen atoms in total. The van der Waals surface area contributed by atoms with E-state index in [0.29, 0.717) is 29.4 Å². The topological polar surface area (TPSA) is 110 Å². The van der Waals surface area contributed by atoms with Gasteiger partial charge < -0.3 is 9.63 Å². The predicted molar refractivity (Wildman–Crippen MR) is 108 cm³/mol. The van der Waals surface area contributed by atoms with Gasteiger partial charge in [-0.15, -0.1) is 11.3 Å². The Balaban J connectivity index is 1.64. The van der Waals surface area contributed by atoms with Crippen LogP contribution in [0.4, 0.5) is 13.2 Å². The number of aliphatic carboxylic acids is 1. The maximum atomic E-state index is 13.1. The van der Waals surface area contributed by atoms with Crippen molar-refractivity contribution < 1.29 is 36.0 Å². The van der Waals surface area contributed by atoms with E-state index in [1.807, 2.05) is 0 Å². The fourth-order valence-corrected chi connectivity index (χ4v) is 6.73. The molecule has 0 aliphatic heterocycles. The van der Waals surface area contributed by atoms with Crippen molar-refractivity contribution in [1.29, 1.82) is 0 Å². The van der Waals surface area contributed by atoms with Gasteiger partial charge in [-0.25, -0.2) is 8.42 Å². The zero-order chi connectivity index (χ0) is 23.3. The summed E-state index contributed by atoms with van der Waals surface area (Å²) in [4.78, 5) is 12.4. The van der Waals surface area contributed by atoms with Crippen molar-refractivity contribution in [2.24, 2.45) is 5.92 Å². The summed E-state index contributed by atoms with van der Waals surface area (Å²) in [6, 6.07) is 11.9. The van der Waals surface area contributed by atoms with Crippen molar-refractivity contribution in [3.63, 3.8) is 0 Å². The van der Waals surface area contributed by atoms with Crippen molar-refractivity contribution in [2.75, 3.05) is 0 Å². The van der Waals surface area contributed by atoms with E-state index < -0.39 is 45.3 Å². The number of nitrogens with one attached hydrogen (secondary N) is 1. The summed E-state index contributed by atoms with van der Waals surface area (Å²) in [5, 5.41) is 13.3. The van der Waals surface area contributed by atoms with Crippen LogP contribution in [0.25, 0.3) is 10.6 Å². The van der Waals surface area contributed by atoms with Crippen LogP contribution in [-0.2, 0) is 21.0 Å². The van der Waals surface area contributed by atoms with Gasteiger partial charge in [-0.05, 0) is 23.6 Å². The van der Waals surface area contributed by atoms with Crippen LogP contribution in [0.15, 0.2) is 57.3 Å². The highest BCUT2D eigenvalue weighted by Gasteiger charge is 2.71. The molecule has 2 N–H and O–H groups in total. The molecule has 1 aromatic carbocycles. The molecule has 3 aromatic rings. The zero-order valence-electron chi connectivity index (χ0n) is 16.5. The van der Waals surface area contributed by atoms with Gasteiger partial charge in [0.25, 0.3) is 10.0 Å². The first-order valence-electron chi connectivity index (χ1n) is 9.47. The Bertz CT molecular complexity index is 1250. The molecule has 1 saturated carbocycles. The summed E-state index contributed by atoms with van der Waals surface area (Å²) < 4.78 is 70.7. The number of aromatic nitrogens is 1. The maximum absolute atomic E-state index is 13.1. The second-order valence-corrected chi connectivity index (χ2v) is 10.4. The molecule has 0 spiro atoms. The normalized spacial score (nSPS) is 23.2.